The number of hydrogen-bond donors (Lipinski definition) is 0. The van der Waals surface area contributed by atoms with Crippen LogP contribution in [0.3, 0.4) is 0 Å². The van der Waals surface area contributed by atoms with Gasteiger partial charge < -0.3 is 4.90 Å². The second kappa shape index (κ2) is 13.2. The molecule has 4 nitrogen and oxygen atoms in total. The van der Waals surface area contributed by atoms with Gasteiger partial charge in [-0.05, 0) is 78.1 Å². The van der Waals surface area contributed by atoms with Crippen LogP contribution >= 0.6 is 0 Å². The molecule has 0 atom stereocenters. The maximum Gasteiger partial charge on any atom is 0.235 e. The van der Waals surface area contributed by atoms with Crippen molar-refractivity contribution in [1.82, 2.24) is 14.5 Å². The number of rotatable bonds is 4. The molecule has 3 heterocycles. The highest BCUT2D eigenvalue weighted by molar-refractivity contribution is 5.99. The molecule has 0 saturated heterocycles. The zero-order valence-electron chi connectivity index (χ0n) is 30.2. The molecule has 7 aromatic rings. The van der Waals surface area contributed by atoms with E-state index in [-0.39, 0.29) is 5.41 Å². The van der Waals surface area contributed by atoms with Crippen molar-refractivity contribution < 1.29 is 0 Å². The highest BCUT2D eigenvalue weighted by Gasteiger charge is 2.37. The van der Waals surface area contributed by atoms with E-state index in [4.69, 9.17) is 9.97 Å². The Hall–Kier alpha value is -6.52. The van der Waals surface area contributed by atoms with Crippen molar-refractivity contribution >= 4 is 40.1 Å². The number of fused-ring (bicyclic) bond motifs is 5. The lowest BCUT2D eigenvalue weighted by molar-refractivity contribution is 0.632. The molecule has 0 amide bonds. The molecule has 1 aliphatic carbocycles. The standard InChI is InChI=1S/C49H40N4/c1-34-17-8-4-5-13-22-39-43(30-27-34)53(48-50-32-31-42(51-48)35-18-9-6-10-19-35)45-26-16-23-38(47(39)45)36-28-29-41-46(33-36)52(37-20-11-7-12-21-37)44-25-15-14-24-40(44)49(41,2)3/h5-33H,4H2,1-3H3/b13-5-,17-8-,34-27+,39-22-,43-30+. The molecule has 0 radical (unpaired) electrons. The summed E-state index contributed by atoms with van der Waals surface area (Å²) in [6, 6.07) is 45.5. The van der Waals surface area contributed by atoms with E-state index in [1.807, 2.05) is 30.5 Å². The number of aromatic nitrogens is 3. The second-order valence-electron chi connectivity index (χ2n) is 14.3. The van der Waals surface area contributed by atoms with Gasteiger partial charge in [-0.15, -0.1) is 0 Å². The van der Waals surface area contributed by atoms with Crippen LogP contribution in [0.1, 0.15) is 38.3 Å². The first-order valence-electron chi connectivity index (χ1n) is 18.3. The van der Waals surface area contributed by atoms with Crippen LogP contribution < -0.4 is 15.5 Å². The molecular formula is C49H40N4. The Kier molecular flexibility index (Phi) is 8.08. The van der Waals surface area contributed by atoms with Crippen LogP contribution in [0.4, 0.5) is 17.1 Å². The van der Waals surface area contributed by atoms with E-state index in [1.165, 1.54) is 28.1 Å². The first-order valence-corrected chi connectivity index (χ1v) is 18.3. The molecule has 1 aliphatic heterocycles. The Morgan fingerprint density at radius 1 is 0.660 bits per heavy atom. The summed E-state index contributed by atoms with van der Waals surface area (Å²) >= 11 is 0. The maximum absolute atomic E-state index is 5.18. The van der Waals surface area contributed by atoms with Crippen LogP contribution in [-0.2, 0) is 5.41 Å². The number of benzene rings is 5. The van der Waals surface area contributed by atoms with Gasteiger partial charge in [0, 0.05) is 33.5 Å². The van der Waals surface area contributed by atoms with Gasteiger partial charge in [0.1, 0.15) is 0 Å². The predicted molar refractivity (Wildman–Crippen MR) is 221 cm³/mol. The first kappa shape index (κ1) is 32.4. The average molecular weight is 685 g/mol. The van der Waals surface area contributed by atoms with Gasteiger partial charge in [0.15, 0.2) is 0 Å². The zero-order chi connectivity index (χ0) is 35.9. The van der Waals surface area contributed by atoms with Crippen LogP contribution in [-0.4, -0.2) is 14.5 Å². The van der Waals surface area contributed by atoms with Crippen LogP contribution in [0.2, 0.25) is 0 Å². The van der Waals surface area contributed by atoms with E-state index in [9.17, 15) is 0 Å². The lowest BCUT2D eigenvalue weighted by atomic mass is 9.73. The minimum atomic E-state index is -0.178. The lowest BCUT2D eigenvalue weighted by Crippen LogP contribution is -2.30. The van der Waals surface area contributed by atoms with Gasteiger partial charge in [-0.25, -0.2) is 9.97 Å². The van der Waals surface area contributed by atoms with Gasteiger partial charge in [0.25, 0.3) is 0 Å². The summed E-state index contributed by atoms with van der Waals surface area (Å²) in [5.41, 5.74) is 12.5. The van der Waals surface area contributed by atoms with E-state index in [1.54, 1.807) is 0 Å². The molecule has 0 saturated carbocycles. The fourth-order valence-electron chi connectivity index (χ4n) is 7.98. The van der Waals surface area contributed by atoms with Crippen LogP contribution in [0, 0.1) is 0 Å². The van der Waals surface area contributed by atoms with Crippen molar-refractivity contribution in [3.63, 3.8) is 0 Å². The molecule has 0 bridgehead atoms. The molecule has 4 heteroatoms. The summed E-state index contributed by atoms with van der Waals surface area (Å²) in [7, 11) is 0. The number of allylic oxidation sites excluding steroid dienone is 6. The molecule has 2 aliphatic rings. The zero-order valence-corrected chi connectivity index (χ0v) is 30.2. The van der Waals surface area contributed by atoms with Crippen LogP contribution in [0.25, 0.3) is 51.4 Å². The Labute approximate surface area is 310 Å². The first-order chi connectivity index (χ1) is 26.0. The van der Waals surface area contributed by atoms with Crippen molar-refractivity contribution in [2.75, 3.05) is 4.90 Å². The van der Waals surface area contributed by atoms with Crippen LogP contribution in [0.5, 0.6) is 0 Å². The molecule has 0 fully saturated rings. The second-order valence-corrected chi connectivity index (χ2v) is 14.3. The van der Waals surface area contributed by atoms with Gasteiger partial charge in [-0.2, -0.15) is 0 Å². The number of para-hydroxylation sites is 2. The molecule has 256 valence electrons. The summed E-state index contributed by atoms with van der Waals surface area (Å²) < 4.78 is 2.23. The van der Waals surface area contributed by atoms with Gasteiger partial charge in [0.2, 0.25) is 5.95 Å². The molecule has 0 spiro atoms. The smallest absolute Gasteiger partial charge is 0.235 e. The maximum atomic E-state index is 5.18. The van der Waals surface area contributed by atoms with Gasteiger partial charge >= 0.3 is 0 Å². The van der Waals surface area contributed by atoms with Crippen molar-refractivity contribution in [1.29, 1.82) is 0 Å². The molecular weight excluding hydrogens is 645 g/mol. The molecule has 0 N–H and O–H groups in total. The summed E-state index contributed by atoms with van der Waals surface area (Å²) in [6.45, 7) is 6.83. The van der Waals surface area contributed by atoms with E-state index in [2.05, 4.69) is 176 Å². The summed E-state index contributed by atoms with van der Waals surface area (Å²) in [5.74, 6) is 0.638. The summed E-state index contributed by atoms with van der Waals surface area (Å²) in [6.07, 6.45) is 18.2. The molecule has 2 aromatic heterocycles. The third-order valence-electron chi connectivity index (χ3n) is 10.6. The number of hydrogen-bond acceptors (Lipinski definition) is 3. The third-order valence-corrected chi connectivity index (χ3v) is 10.6. The van der Waals surface area contributed by atoms with E-state index < -0.39 is 0 Å². The SMILES string of the molecule is CC1=C\C=c2/c(c3c(-c4ccc5c(c4)N(c4ccccc4)c4ccccc4C5(C)C)cccc3n2-c2nccc(-c3ccccc3)n2)=C/C=C\C/C=C\1. The van der Waals surface area contributed by atoms with Crippen molar-refractivity contribution in [3.05, 3.63) is 191 Å². The largest absolute Gasteiger partial charge is 0.310 e. The highest BCUT2D eigenvalue weighted by atomic mass is 15.2. The number of nitrogens with zero attached hydrogens (tertiary/aromatic N) is 4. The monoisotopic (exact) mass is 684 g/mol. The summed E-state index contributed by atoms with van der Waals surface area (Å²) in [4.78, 5) is 12.5. The van der Waals surface area contributed by atoms with Crippen molar-refractivity contribution in [2.24, 2.45) is 0 Å². The molecule has 5 aromatic carbocycles. The van der Waals surface area contributed by atoms with Gasteiger partial charge in [0.05, 0.1) is 27.9 Å². The summed E-state index contributed by atoms with van der Waals surface area (Å²) in [5, 5.41) is 3.34. The Morgan fingerprint density at radius 3 is 2.28 bits per heavy atom. The highest BCUT2D eigenvalue weighted by Crippen LogP contribution is 2.52. The van der Waals surface area contributed by atoms with Crippen LogP contribution in [0.15, 0.2) is 170 Å². The molecule has 0 unspecified atom stereocenters. The third kappa shape index (κ3) is 5.64. The van der Waals surface area contributed by atoms with E-state index in [0.717, 1.165) is 56.0 Å². The fraction of sp³-hybridized carbons (Fsp3) is 0.102. The predicted octanol–water partition coefficient (Wildman–Crippen LogP) is 10.9. The van der Waals surface area contributed by atoms with E-state index in [0.29, 0.717) is 5.95 Å². The average Bonchev–Trinajstić information content (AvgIpc) is 3.50. The van der Waals surface area contributed by atoms with Crippen molar-refractivity contribution in [2.45, 2.75) is 32.6 Å². The Bertz CT molecular complexity index is 2730. The van der Waals surface area contributed by atoms with E-state index >= 15 is 0 Å². The topological polar surface area (TPSA) is 34.0 Å². The minimum Gasteiger partial charge on any atom is -0.310 e. The molecule has 53 heavy (non-hydrogen) atoms. The van der Waals surface area contributed by atoms with Gasteiger partial charge in [-0.3, -0.25) is 4.57 Å². The fourth-order valence-corrected chi connectivity index (χ4v) is 7.98. The Morgan fingerprint density at radius 2 is 1.43 bits per heavy atom. The van der Waals surface area contributed by atoms with Crippen molar-refractivity contribution in [3.8, 4) is 28.3 Å². The Balaban J connectivity index is 1.33. The molecule has 9 rings (SSSR count). The quantitative estimate of drug-likeness (QED) is 0.185. The number of anilines is 3. The minimum absolute atomic E-state index is 0.178. The normalized spacial score (nSPS) is 18.1. The van der Waals surface area contributed by atoms with Gasteiger partial charge in [-0.1, -0.05) is 147 Å². The lowest BCUT2D eigenvalue weighted by Gasteiger charge is -2.42.